The maximum absolute atomic E-state index is 12.6. The highest BCUT2D eigenvalue weighted by Crippen LogP contribution is 2.38. The number of aromatic nitrogens is 1. The van der Waals surface area contributed by atoms with Crippen molar-refractivity contribution >= 4 is 43.8 Å². The average Bonchev–Trinajstić information content (AvgIpc) is 2.77. The fourth-order valence-electron chi connectivity index (χ4n) is 2.48. The average molecular weight is 521 g/mol. The molecule has 0 unspecified atom stereocenters. The summed E-state index contributed by atoms with van der Waals surface area (Å²) in [4.78, 5) is 14.0. The smallest absolute Gasteiger partial charge is 0.339 e. The topological polar surface area (TPSA) is 133 Å². The van der Waals surface area contributed by atoms with Crippen LogP contribution in [-0.4, -0.2) is 31.1 Å². The monoisotopic (exact) mass is 520 g/mol. The Morgan fingerprint density at radius 3 is 2.59 bits per heavy atom. The minimum atomic E-state index is -4.06. The number of hydrogen-bond acceptors (Lipinski definition) is 9. The van der Waals surface area contributed by atoms with Gasteiger partial charge in [0.1, 0.15) is 16.9 Å². The lowest BCUT2D eigenvalue weighted by molar-refractivity contribution is -0.385. The second-order valence-corrected chi connectivity index (χ2v) is 8.54. The molecule has 1 aromatic heterocycles. The molecule has 3 rings (SSSR count). The molecule has 0 amide bonds. The third kappa shape index (κ3) is 5.80. The van der Waals surface area contributed by atoms with Crippen molar-refractivity contribution in [1.29, 1.82) is 0 Å². The fourth-order valence-corrected chi connectivity index (χ4v) is 4.11. The van der Waals surface area contributed by atoms with E-state index in [9.17, 15) is 18.5 Å². The summed E-state index contributed by atoms with van der Waals surface area (Å²) < 4.78 is 36.5. The van der Waals surface area contributed by atoms with Crippen LogP contribution in [0.15, 0.2) is 75.3 Å². The Hall–Kier alpha value is -3.51. The SMILES string of the molecule is CCOc1cc(/C=N\Nc2ccc([N+](=O)[O-])cn2)cc(Br)c1OS(=O)(=O)c1ccccc1. The van der Waals surface area contributed by atoms with E-state index in [4.69, 9.17) is 8.92 Å². The summed E-state index contributed by atoms with van der Waals surface area (Å²) in [6.45, 7) is 2.03. The molecule has 1 N–H and O–H groups in total. The zero-order chi connectivity index (χ0) is 23.1. The summed E-state index contributed by atoms with van der Waals surface area (Å²) in [6, 6.07) is 13.7. The van der Waals surface area contributed by atoms with Crippen LogP contribution in [0, 0.1) is 10.1 Å². The molecule has 0 aliphatic heterocycles. The fraction of sp³-hybridized carbons (Fsp3) is 0.100. The van der Waals surface area contributed by atoms with Crippen molar-refractivity contribution in [3.8, 4) is 11.5 Å². The minimum Gasteiger partial charge on any atom is -0.490 e. The number of rotatable bonds is 9. The van der Waals surface area contributed by atoms with Crippen molar-refractivity contribution in [2.24, 2.45) is 5.10 Å². The minimum absolute atomic E-state index is 0.0119. The van der Waals surface area contributed by atoms with Crippen LogP contribution >= 0.6 is 15.9 Å². The van der Waals surface area contributed by atoms with Crippen molar-refractivity contribution in [2.45, 2.75) is 11.8 Å². The van der Waals surface area contributed by atoms with E-state index in [1.807, 2.05) is 0 Å². The molecule has 1 heterocycles. The Morgan fingerprint density at radius 1 is 1.22 bits per heavy atom. The predicted molar refractivity (Wildman–Crippen MR) is 122 cm³/mol. The first kappa shape index (κ1) is 23.2. The molecular formula is C20H17BrN4O6S. The summed E-state index contributed by atoms with van der Waals surface area (Å²) in [7, 11) is -4.06. The highest BCUT2D eigenvalue weighted by molar-refractivity contribution is 9.10. The number of ether oxygens (including phenoxy) is 1. The molecule has 0 radical (unpaired) electrons. The first-order valence-corrected chi connectivity index (χ1v) is 11.4. The molecule has 0 fully saturated rings. The van der Waals surface area contributed by atoms with Crippen molar-refractivity contribution in [2.75, 3.05) is 12.0 Å². The lowest BCUT2D eigenvalue weighted by Crippen LogP contribution is -2.11. The van der Waals surface area contributed by atoms with Gasteiger partial charge < -0.3 is 8.92 Å². The quantitative estimate of drug-likeness (QED) is 0.190. The van der Waals surface area contributed by atoms with Crippen molar-refractivity contribution in [3.05, 3.63) is 80.9 Å². The molecule has 0 aliphatic carbocycles. The van der Waals surface area contributed by atoms with Crippen LogP contribution in [0.2, 0.25) is 0 Å². The highest BCUT2D eigenvalue weighted by atomic mass is 79.9. The molecule has 2 aromatic carbocycles. The maximum atomic E-state index is 12.6. The van der Waals surface area contributed by atoms with E-state index < -0.39 is 15.0 Å². The number of halogens is 1. The number of nitrogens with zero attached hydrogens (tertiary/aromatic N) is 3. The van der Waals surface area contributed by atoms with E-state index in [1.165, 1.54) is 30.5 Å². The van der Waals surface area contributed by atoms with Gasteiger partial charge in [-0.25, -0.2) is 4.98 Å². The molecule has 0 bridgehead atoms. The van der Waals surface area contributed by atoms with E-state index in [0.29, 0.717) is 15.9 Å². The van der Waals surface area contributed by atoms with Crippen LogP contribution in [-0.2, 0) is 10.1 Å². The van der Waals surface area contributed by atoms with E-state index in [-0.39, 0.29) is 28.7 Å². The van der Waals surface area contributed by atoms with Gasteiger partial charge in [0.25, 0.3) is 5.69 Å². The maximum Gasteiger partial charge on any atom is 0.339 e. The molecule has 166 valence electrons. The third-order valence-corrected chi connectivity index (χ3v) is 5.73. The van der Waals surface area contributed by atoms with Crippen LogP contribution in [0.1, 0.15) is 12.5 Å². The van der Waals surface area contributed by atoms with Gasteiger partial charge in [-0.1, -0.05) is 18.2 Å². The van der Waals surface area contributed by atoms with E-state index in [2.05, 4.69) is 31.4 Å². The molecule has 0 saturated heterocycles. The van der Waals surface area contributed by atoms with Gasteiger partial charge in [0.05, 0.1) is 22.2 Å². The molecule has 0 atom stereocenters. The molecule has 12 heteroatoms. The van der Waals surface area contributed by atoms with Gasteiger partial charge in [0, 0.05) is 6.07 Å². The predicted octanol–water partition coefficient (Wildman–Crippen LogP) is 4.36. The number of anilines is 1. The van der Waals surface area contributed by atoms with Crippen molar-refractivity contribution < 1.29 is 22.3 Å². The zero-order valence-corrected chi connectivity index (χ0v) is 19.0. The Labute approximate surface area is 192 Å². The lowest BCUT2D eigenvalue weighted by atomic mass is 10.2. The summed E-state index contributed by atoms with van der Waals surface area (Å²) in [5.41, 5.74) is 3.09. The molecule has 32 heavy (non-hydrogen) atoms. The summed E-state index contributed by atoms with van der Waals surface area (Å²) in [6.07, 6.45) is 2.56. The number of benzene rings is 2. The van der Waals surface area contributed by atoms with Gasteiger partial charge in [0.2, 0.25) is 0 Å². The third-order valence-electron chi connectivity index (χ3n) is 3.91. The highest BCUT2D eigenvalue weighted by Gasteiger charge is 2.22. The van der Waals surface area contributed by atoms with Crippen LogP contribution in [0.3, 0.4) is 0 Å². The van der Waals surface area contributed by atoms with Gasteiger partial charge in [0.15, 0.2) is 11.5 Å². The number of nitrogens with one attached hydrogen (secondary N) is 1. The summed E-state index contributed by atoms with van der Waals surface area (Å²) in [5, 5.41) is 14.7. The Balaban J connectivity index is 1.82. The standard InChI is InChI=1S/C20H17BrN4O6S/c1-2-30-18-11-14(12-23-24-19-9-8-15(13-22-19)25(26)27)10-17(21)20(18)31-32(28,29)16-6-4-3-5-7-16/h3-13H,2H2,1H3,(H,22,24)/b23-12-. The molecule has 0 saturated carbocycles. The Morgan fingerprint density at radius 2 is 1.97 bits per heavy atom. The number of pyridine rings is 1. The van der Waals surface area contributed by atoms with Crippen LogP contribution in [0.25, 0.3) is 0 Å². The largest absolute Gasteiger partial charge is 0.490 e. The van der Waals surface area contributed by atoms with Gasteiger partial charge in [-0.3, -0.25) is 15.5 Å². The molecule has 3 aromatic rings. The first-order valence-electron chi connectivity index (χ1n) is 9.15. The number of nitro groups is 1. The van der Waals surface area contributed by atoms with Crippen LogP contribution in [0.5, 0.6) is 11.5 Å². The second-order valence-electron chi connectivity index (χ2n) is 6.14. The normalized spacial score (nSPS) is 11.3. The van der Waals surface area contributed by atoms with Crippen LogP contribution < -0.4 is 14.3 Å². The van der Waals surface area contributed by atoms with Gasteiger partial charge in [-0.2, -0.15) is 13.5 Å². The number of hydrazone groups is 1. The number of hydrogen-bond donors (Lipinski definition) is 1. The van der Waals surface area contributed by atoms with Gasteiger partial charge >= 0.3 is 10.1 Å². The lowest BCUT2D eigenvalue weighted by Gasteiger charge is -2.14. The Bertz CT molecular complexity index is 1230. The van der Waals surface area contributed by atoms with Gasteiger partial charge in [-0.05, 0) is 58.7 Å². The first-order chi connectivity index (χ1) is 15.3. The van der Waals surface area contributed by atoms with Crippen molar-refractivity contribution in [1.82, 2.24) is 4.98 Å². The second kappa shape index (κ2) is 10.2. The molecule has 10 nitrogen and oxygen atoms in total. The van der Waals surface area contributed by atoms with E-state index >= 15 is 0 Å². The van der Waals surface area contributed by atoms with Gasteiger partial charge in [-0.15, -0.1) is 0 Å². The summed E-state index contributed by atoms with van der Waals surface area (Å²) >= 11 is 3.32. The van der Waals surface area contributed by atoms with Crippen molar-refractivity contribution in [3.63, 3.8) is 0 Å². The zero-order valence-electron chi connectivity index (χ0n) is 16.6. The van der Waals surface area contributed by atoms with E-state index in [1.54, 1.807) is 37.3 Å². The van der Waals surface area contributed by atoms with E-state index in [0.717, 1.165) is 6.20 Å². The Kier molecular flexibility index (Phi) is 7.38. The molecular weight excluding hydrogens is 504 g/mol. The van der Waals surface area contributed by atoms with Crippen LogP contribution in [0.4, 0.5) is 11.5 Å². The summed E-state index contributed by atoms with van der Waals surface area (Å²) in [5.74, 6) is 0.527. The molecule has 0 aliphatic rings. The molecule has 0 spiro atoms.